The number of nitrogens with zero attached hydrogens (tertiary/aromatic N) is 1. The third-order valence-corrected chi connectivity index (χ3v) is 7.46. The number of amides is 2. The van der Waals surface area contributed by atoms with Gasteiger partial charge in [0, 0.05) is 18.8 Å². The maximum absolute atomic E-state index is 13.0. The number of sulfonamides is 1. The monoisotopic (exact) mass is 487 g/mol. The van der Waals surface area contributed by atoms with E-state index in [0.717, 1.165) is 5.56 Å². The first-order valence-electron chi connectivity index (χ1n) is 11.5. The van der Waals surface area contributed by atoms with Crippen LogP contribution in [0.5, 0.6) is 0 Å². The molecule has 1 heterocycles. The third-order valence-electron chi connectivity index (χ3n) is 5.62. The fourth-order valence-electron chi connectivity index (χ4n) is 3.95. The Kier molecular flexibility index (Phi) is 8.46. The maximum atomic E-state index is 13.0. The molecule has 0 spiro atoms. The minimum Gasteiger partial charge on any atom is -0.373 e. The van der Waals surface area contributed by atoms with Crippen LogP contribution in [0.4, 0.5) is 5.69 Å². The van der Waals surface area contributed by atoms with Gasteiger partial charge in [-0.1, -0.05) is 44.2 Å². The van der Waals surface area contributed by atoms with Crippen molar-refractivity contribution in [2.24, 2.45) is 5.92 Å². The van der Waals surface area contributed by atoms with Crippen LogP contribution in [0.15, 0.2) is 59.5 Å². The molecule has 1 aliphatic heterocycles. The van der Waals surface area contributed by atoms with Gasteiger partial charge in [-0.15, -0.1) is 0 Å². The fourth-order valence-corrected chi connectivity index (χ4v) is 5.54. The molecule has 0 aromatic heterocycles. The van der Waals surface area contributed by atoms with Crippen molar-refractivity contribution in [2.45, 2.75) is 57.3 Å². The first kappa shape index (κ1) is 25.9. The van der Waals surface area contributed by atoms with Gasteiger partial charge in [0.1, 0.15) is 6.04 Å². The van der Waals surface area contributed by atoms with Gasteiger partial charge in [-0.05, 0) is 49.6 Å². The molecule has 9 heteroatoms. The molecule has 184 valence electrons. The Bertz CT molecular complexity index is 1080. The minimum atomic E-state index is -3.66. The molecule has 3 rings (SSSR count). The lowest BCUT2D eigenvalue weighted by Gasteiger charge is -2.34. The fraction of sp³-hybridized carbons (Fsp3) is 0.440. The highest BCUT2D eigenvalue weighted by atomic mass is 32.2. The number of hydrogen-bond acceptors (Lipinski definition) is 5. The summed E-state index contributed by atoms with van der Waals surface area (Å²) < 4.78 is 33.1. The van der Waals surface area contributed by atoms with Gasteiger partial charge in [-0.3, -0.25) is 9.59 Å². The van der Waals surface area contributed by atoms with E-state index < -0.39 is 16.1 Å². The van der Waals surface area contributed by atoms with Gasteiger partial charge in [0.15, 0.2) is 0 Å². The minimum absolute atomic E-state index is 0.135. The summed E-state index contributed by atoms with van der Waals surface area (Å²) in [6, 6.07) is 14.7. The molecule has 8 nitrogen and oxygen atoms in total. The Balaban J connectivity index is 1.64. The zero-order valence-electron chi connectivity index (χ0n) is 20.0. The van der Waals surface area contributed by atoms with Crippen molar-refractivity contribution >= 4 is 27.5 Å². The number of benzene rings is 2. The molecular weight excluding hydrogens is 454 g/mol. The van der Waals surface area contributed by atoms with Gasteiger partial charge in [-0.2, -0.15) is 4.31 Å². The van der Waals surface area contributed by atoms with Gasteiger partial charge >= 0.3 is 0 Å². The van der Waals surface area contributed by atoms with E-state index in [9.17, 15) is 18.0 Å². The molecule has 2 aromatic rings. The Labute approximate surface area is 201 Å². The number of ether oxygens (including phenoxy) is 1. The van der Waals surface area contributed by atoms with Crippen LogP contribution in [0.2, 0.25) is 0 Å². The number of morpholine rings is 1. The zero-order chi connectivity index (χ0) is 24.9. The van der Waals surface area contributed by atoms with E-state index in [1.54, 1.807) is 12.1 Å². The Morgan fingerprint density at radius 3 is 2.15 bits per heavy atom. The summed E-state index contributed by atoms with van der Waals surface area (Å²) >= 11 is 0. The van der Waals surface area contributed by atoms with Crippen LogP contribution in [-0.4, -0.2) is 55.9 Å². The van der Waals surface area contributed by atoms with E-state index in [2.05, 4.69) is 10.6 Å². The molecule has 1 fully saturated rings. The predicted molar refractivity (Wildman–Crippen MR) is 131 cm³/mol. The Morgan fingerprint density at radius 1 is 1.00 bits per heavy atom. The van der Waals surface area contributed by atoms with Crippen molar-refractivity contribution in [3.63, 3.8) is 0 Å². The highest BCUT2D eigenvalue weighted by Crippen LogP contribution is 2.22. The standard InChI is InChI=1S/C25H33N3O5S/c1-17(2)24(27-23(29)14-20-8-6-5-7-9-20)25(30)26-21-10-12-22(13-11-21)34(31,32)28-15-18(3)33-19(4)16-28/h5-13,17-19,24H,14-16H2,1-4H3,(H,26,30)(H,27,29)/t18-,19+,24-/m1/s1. The van der Waals surface area contributed by atoms with E-state index >= 15 is 0 Å². The van der Waals surface area contributed by atoms with Crippen LogP contribution >= 0.6 is 0 Å². The second kappa shape index (κ2) is 11.1. The van der Waals surface area contributed by atoms with Crippen LogP contribution in [0.25, 0.3) is 0 Å². The summed E-state index contributed by atoms with van der Waals surface area (Å²) in [4.78, 5) is 25.5. The maximum Gasteiger partial charge on any atom is 0.247 e. The van der Waals surface area contributed by atoms with E-state index in [4.69, 9.17) is 4.74 Å². The summed E-state index contributed by atoms with van der Waals surface area (Å²) in [5.41, 5.74) is 1.32. The van der Waals surface area contributed by atoms with Crippen molar-refractivity contribution in [3.8, 4) is 0 Å². The van der Waals surface area contributed by atoms with Gasteiger partial charge in [0.05, 0.1) is 23.5 Å². The topological polar surface area (TPSA) is 105 Å². The molecule has 0 saturated carbocycles. The summed E-state index contributed by atoms with van der Waals surface area (Å²) in [7, 11) is -3.66. The second-order valence-corrected chi connectivity index (χ2v) is 11.0. The number of carbonyl (C=O) groups is 2. The van der Waals surface area contributed by atoms with E-state index in [1.165, 1.54) is 16.4 Å². The van der Waals surface area contributed by atoms with Crippen LogP contribution < -0.4 is 10.6 Å². The molecule has 1 saturated heterocycles. The lowest BCUT2D eigenvalue weighted by molar-refractivity contribution is -0.127. The van der Waals surface area contributed by atoms with Crippen LogP contribution in [-0.2, 0) is 30.8 Å². The molecular formula is C25H33N3O5S. The molecule has 3 atom stereocenters. The summed E-state index contributed by atoms with van der Waals surface area (Å²) in [6.07, 6.45) is -0.174. The highest BCUT2D eigenvalue weighted by molar-refractivity contribution is 7.89. The Morgan fingerprint density at radius 2 is 1.59 bits per heavy atom. The summed E-state index contributed by atoms with van der Waals surface area (Å²) in [5.74, 6) is -0.733. The summed E-state index contributed by atoms with van der Waals surface area (Å²) in [6.45, 7) is 8.00. The van der Waals surface area contributed by atoms with Crippen molar-refractivity contribution in [2.75, 3.05) is 18.4 Å². The van der Waals surface area contributed by atoms with Crippen LogP contribution in [0, 0.1) is 5.92 Å². The summed E-state index contributed by atoms with van der Waals surface area (Å²) in [5, 5.41) is 5.59. The molecule has 1 aliphatic rings. The number of carbonyl (C=O) groups excluding carboxylic acids is 2. The molecule has 0 unspecified atom stereocenters. The predicted octanol–water partition coefficient (Wildman–Crippen LogP) is 2.81. The first-order chi connectivity index (χ1) is 16.1. The van der Waals surface area contributed by atoms with Crippen LogP contribution in [0.3, 0.4) is 0 Å². The first-order valence-corrected chi connectivity index (χ1v) is 12.9. The average molecular weight is 488 g/mol. The third kappa shape index (κ3) is 6.65. The van der Waals surface area contributed by atoms with Crippen molar-refractivity contribution in [3.05, 3.63) is 60.2 Å². The highest BCUT2D eigenvalue weighted by Gasteiger charge is 2.32. The lowest BCUT2D eigenvalue weighted by Crippen LogP contribution is -2.48. The largest absolute Gasteiger partial charge is 0.373 e. The van der Waals surface area contributed by atoms with E-state index in [-0.39, 0.29) is 41.3 Å². The molecule has 2 aromatic carbocycles. The zero-order valence-corrected chi connectivity index (χ0v) is 20.8. The normalized spacial score (nSPS) is 20.0. The van der Waals surface area contributed by atoms with Gasteiger partial charge in [-0.25, -0.2) is 8.42 Å². The molecule has 0 radical (unpaired) electrons. The number of nitrogens with one attached hydrogen (secondary N) is 2. The molecule has 2 N–H and O–H groups in total. The van der Waals surface area contributed by atoms with Crippen molar-refractivity contribution < 1.29 is 22.7 Å². The molecule has 2 amide bonds. The van der Waals surface area contributed by atoms with Crippen molar-refractivity contribution in [1.29, 1.82) is 0 Å². The van der Waals surface area contributed by atoms with Gasteiger partial charge in [0.25, 0.3) is 0 Å². The molecule has 34 heavy (non-hydrogen) atoms. The smallest absolute Gasteiger partial charge is 0.247 e. The molecule has 0 aliphatic carbocycles. The van der Waals surface area contributed by atoms with Gasteiger partial charge < -0.3 is 15.4 Å². The molecule has 0 bridgehead atoms. The van der Waals surface area contributed by atoms with Gasteiger partial charge in [0.2, 0.25) is 21.8 Å². The number of rotatable bonds is 8. The number of anilines is 1. The lowest BCUT2D eigenvalue weighted by atomic mass is 10.0. The number of hydrogen-bond donors (Lipinski definition) is 2. The quantitative estimate of drug-likeness (QED) is 0.596. The van der Waals surface area contributed by atoms with Crippen LogP contribution in [0.1, 0.15) is 33.3 Å². The average Bonchev–Trinajstić information content (AvgIpc) is 2.77. The Hall–Kier alpha value is -2.75. The second-order valence-electron chi connectivity index (χ2n) is 9.04. The SMILES string of the molecule is CC(C)[C@@H](NC(=O)Cc1ccccc1)C(=O)Nc1ccc(S(=O)(=O)N2C[C@@H](C)O[C@@H](C)C2)cc1. The van der Waals surface area contributed by atoms with Crippen molar-refractivity contribution in [1.82, 2.24) is 9.62 Å². The van der Waals surface area contributed by atoms with E-state index in [1.807, 2.05) is 58.0 Å². The van der Waals surface area contributed by atoms with E-state index in [0.29, 0.717) is 18.8 Å².